The van der Waals surface area contributed by atoms with Gasteiger partial charge in [-0.15, -0.1) is 0 Å². The van der Waals surface area contributed by atoms with E-state index in [9.17, 15) is 4.39 Å². The first-order valence-corrected chi connectivity index (χ1v) is 7.03. The molecule has 0 fully saturated rings. The van der Waals surface area contributed by atoms with Crippen molar-refractivity contribution in [2.75, 3.05) is 0 Å². The zero-order chi connectivity index (χ0) is 15.1. The Morgan fingerprint density at radius 3 is 2.82 bits per heavy atom. The van der Waals surface area contributed by atoms with E-state index >= 15 is 0 Å². The lowest BCUT2D eigenvalue weighted by molar-refractivity contribution is 0.629. The van der Waals surface area contributed by atoms with Crippen molar-refractivity contribution >= 4 is 17.1 Å². The molecule has 0 bridgehead atoms. The molecule has 0 aliphatic heterocycles. The van der Waals surface area contributed by atoms with Gasteiger partial charge in [0.2, 0.25) is 0 Å². The highest BCUT2D eigenvalue weighted by molar-refractivity contribution is 6.33. The molecule has 108 valence electrons. The Kier molecular flexibility index (Phi) is 2.94. The van der Waals surface area contributed by atoms with Crippen LogP contribution in [0, 0.1) is 5.82 Å². The maximum absolute atomic E-state index is 13.7. The van der Waals surface area contributed by atoms with E-state index in [1.165, 1.54) is 6.07 Å². The summed E-state index contributed by atoms with van der Waals surface area (Å²) in [5.74, 6) is -0.440. The van der Waals surface area contributed by atoms with Gasteiger partial charge in [0, 0.05) is 29.1 Å². The SMILES string of the molecule is Fc1cccc(-c2cnn3ccc(-c4cn[nH]c4)cc23)c1Cl. The van der Waals surface area contributed by atoms with E-state index in [4.69, 9.17) is 11.6 Å². The standard InChI is InChI=1S/C16H10ClFN4/c17-16-12(2-1-3-14(16)18)13-9-21-22-5-4-10(6-15(13)22)11-7-19-20-8-11/h1-9H,(H,19,20). The van der Waals surface area contributed by atoms with Crippen molar-refractivity contribution in [1.29, 1.82) is 0 Å². The number of H-pyrrole nitrogens is 1. The summed E-state index contributed by atoms with van der Waals surface area (Å²) in [5.41, 5.74) is 4.23. The molecule has 0 aliphatic carbocycles. The van der Waals surface area contributed by atoms with Crippen LogP contribution in [0.1, 0.15) is 0 Å². The summed E-state index contributed by atoms with van der Waals surface area (Å²) in [4.78, 5) is 0. The van der Waals surface area contributed by atoms with Crippen molar-refractivity contribution in [2.24, 2.45) is 0 Å². The maximum atomic E-state index is 13.7. The first-order chi connectivity index (χ1) is 10.7. The summed E-state index contributed by atoms with van der Waals surface area (Å²) in [6.45, 7) is 0. The van der Waals surface area contributed by atoms with Crippen molar-refractivity contribution in [1.82, 2.24) is 19.8 Å². The topological polar surface area (TPSA) is 46.0 Å². The number of rotatable bonds is 2. The summed E-state index contributed by atoms with van der Waals surface area (Å²) in [7, 11) is 0. The second kappa shape index (κ2) is 4.96. The van der Waals surface area contributed by atoms with Gasteiger partial charge in [0.05, 0.1) is 22.9 Å². The van der Waals surface area contributed by atoms with E-state index in [0.29, 0.717) is 5.56 Å². The van der Waals surface area contributed by atoms with E-state index in [-0.39, 0.29) is 5.02 Å². The Morgan fingerprint density at radius 2 is 2.00 bits per heavy atom. The highest BCUT2D eigenvalue weighted by atomic mass is 35.5. The highest BCUT2D eigenvalue weighted by Gasteiger charge is 2.13. The van der Waals surface area contributed by atoms with Crippen LogP contribution in [0.5, 0.6) is 0 Å². The van der Waals surface area contributed by atoms with Crippen molar-refractivity contribution in [3.8, 4) is 22.3 Å². The van der Waals surface area contributed by atoms with Crippen LogP contribution in [0.2, 0.25) is 5.02 Å². The quantitative estimate of drug-likeness (QED) is 0.603. The van der Waals surface area contributed by atoms with Crippen LogP contribution in [-0.2, 0) is 0 Å². The van der Waals surface area contributed by atoms with Crippen LogP contribution in [0.3, 0.4) is 0 Å². The minimum absolute atomic E-state index is 0.103. The number of hydrogen-bond donors (Lipinski definition) is 1. The fourth-order valence-electron chi connectivity index (χ4n) is 2.49. The van der Waals surface area contributed by atoms with Crippen LogP contribution in [-0.4, -0.2) is 19.8 Å². The first-order valence-electron chi connectivity index (χ1n) is 6.65. The van der Waals surface area contributed by atoms with Gasteiger partial charge >= 0.3 is 0 Å². The Morgan fingerprint density at radius 1 is 1.09 bits per heavy atom. The summed E-state index contributed by atoms with van der Waals surface area (Å²) < 4.78 is 15.4. The number of hydrogen-bond acceptors (Lipinski definition) is 2. The summed E-state index contributed by atoms with van der Waals surface area (Å²) in [6.07, 6.45) is 7.11. The molecule has 0 aliphatic rings. The largest absolute Gasteiger partial charge is 0.285 e. The van der Waals surface area contributed by atoms with Gasteiger partial charge in [0.25, 0.3) is 0 Å². The molecule has 0 saturated heterocycles. The molecule has 4 aromatic rings. The molecule has 0 atom stereocenters. The Bertz CT molecular complexity index is 960. The lowest BCUT2D eigenvalue weighted by Crippen LogP contribution is -1.88. The number of halogens is 2. The molecule has 3 heterocycles. The lowest BCUT2D eigenvalue weighted by Gasteiger charge is -2.05. The molecule has 1 N–H and O–H groups in total. The van der Waals surface area contributed by atoms with E-state index in [1.54, 1.807) is 29.0 Å². The molecule has 3 aromatic heterocycles. The van der Waals surface area contributed by atoms with Crippen molar-refractivity contribution in [2.45, 2.75) is 0 Å². The van der Waals surface area contributed by atoms with Crippen LogP contribution < -0.4 is 0 Å². The van der Waals surface area contributed by atoms with Gasteiger partial charge in [0.15, 0.2) is 0 Å². The van der Waals surface area contributed by atoms with Gasteiger partial charge in [-0.2, -0.15) is 10.2 Å². The predicted octanol–water partition coefficient (Wildman–Crippen LogP) is 4.18. The number of nitrogens with zero attached hydrogens (tertiary/aromatic N) is 3. The molecule has 0 saturated carbocycles. The van der Waals surface area contributed by atoms with Gasteiger partial charge in [-0.1, -0.05) is 23.7 Å². The van der Waals surface area contributed by atoms with Crippen molar-refractivity contribution < 1.29 is 4.39 Å². The number of aromatic nitrogens is 4. The van der Waals surface area contributed by atoms with Gasteiger partial charge in [-0.3, -0.25) is 5.10 Å². The minimum atomic E-state index is -0.440. The van der Waals surface area contributed by atoms with Crippen molar-refractivity contribution in [3.63, 3.8) is 0 Å². The normalized spacial score (nSPS) is 11.2. The fourth-order valence-corrected chi connectivity index (χ4v) is 2.72. The van der Waals surface area contributed by atoms with Crippen LogP contribution in [0.15, 0.2) is 55.1 Å². The molecule has 4 rings (SSSR count). The summed E-state index contributed by atoms with van der Waals surface area (Å²) in [6, 6.07) is 8.69. The van der Waals surface area contributed by atoms with E-state index < -0.39 is 5.82 Å². The molecule has 0 spiro atoms. The van der Waals surface area contributed by atoms with Gasteiger partial charge in [-0.05, 0) is 23.8 Å². The van der Waals surface area contributed by atoms with Gasteiger partial charge < -0.3 is 0 Å². The zero-order valence-corrected chi connectivity index (χ0v) is 12.0. The second-order valence-corrected chi connectivity index (χ2v) is 5.27. The highest BCUT2D eigenvalue weighted by Crippen LogP contribution is 2.33. The number of pyridine rings is 1. The summed E-state index contributed by atoms with van der Waals surface area (Å²) in [5, 5.41) is 11.1. The minimum Gasteiger partial charge on any atom is -0.285 e. The molecule has 1 aromatic carbocycles. The molecular weight excluding hydrogens is 303 g/mol. The van der Waals surface area contributed by atoms with Crippen LogP contribution in [0.25, 0.3) is 27.8 Å². The predicted molar refractivity (Wildman–Crippen MR) is 83.2 cm³/mol. The number of aromatic amines is 1. The summed E-state index contributed by atoms with van der Waals surface area (Å²) >= 11 is 6.10. The monoisotopic (exact) mass is 312 g/mol. The van der Waals surface area contributed by atoms with E-state index in [0.717, 1.165) is 22.2 Å². The van der Waals surface area contributed by atoms with Gasteiger partial charge in [0.1, 0.15) is 5.82 Å². The molecule has 6 heteroatoms. The van der Waals surface area contributed by atoms with E-state index in [2.05, 4.69) is 15.3 Å². The van der Waals surface area contributed by atoms with E-state index in [1.807, 2.05) is 24.5 Å². The van der Waals surface area contributed by atoms with Crippen LogP contribution in [0.4, 0.5) is 4.39 Å². The molecule has 22 heavy (non-hydrogen) atoms. The molecule has 0 amide bonds. The number of fused-ring (bicyclic) bond motifs is 1. The molecule has 4 nitrogen and oxygen atoms in total. The Labute approximate surface area is 130 Å². The first kappa shape index (κ1) is 13.0. The number of benzene rings is 1. The maximum Gasteiger partial charge on any atom is 0.142 e. The molecular formula is C16H10ClFN4. The third kappa shape index (κ3) is 1.98. The molecule has 0 unspecified atom stereocenters. The third-order valence-corrected chi connectivity index (χ3v) is 3.98. The Hall–Kier alpha value is -2.66. The number of nitrogens with one attached hydrogen (secondary N) is 1. The average molecular weight is 313 g/mol. The lowest BCUT2D eigenvalue weighted by atomic mass is 10.0. The zero-order valence-electron chi connectivity index (χ0n) is 11.3. The fraction of sp³-hybridized carbons (Fsp3) is 0. The van der Waals surface area contributed by atoms with Crippen molar-refractivity contribution in [3.05, 3.63) is 66.0 Å². The third-order valence-electron chi connectivity index (χ3n) is 3.59. The molecule has 0 radical (unpaired) electrons. The Balaban J connectivity index is 1.95. The van der Waals surface area contributed by atoms with Gasteiger partial charge in [-0.25, -0.2) is 8.91 Å². The smallest absolute Gasteiger partial charge is 0.142 e. The average Bonchev–Trinajstić information content (AvgIpc) is 3.18. The van der Waals surface area contributed by atoms with Crippen LogP contribution >= 0.6 is 11.6 Å². The second-order valence-electron chi connectivity index (χ2n) is 4.89.